The number of carboxylic acids is 1. The van der Waals surface area contributed by atoms with Crippen molar-refractivity contribution in [2.75, 3.05) is 12.4 Å². The molecule has 0 aliphatic heterocycles. The number of hydrogen-bond donors (Lipinski definition) is 2. The smallest absolute Gasteiger partial charge is 0.407 e. The molecule has 33 heavy (non-hydrogen) atoms. The number of pyridine rings is 1. The van der Waals surface area contributed by atoms with Crippen molar-refractivity contribution in [2.45, 2.75) is 17.7 Å². The molecular formula is C24H20Cl2N2O4S. The molecule has 1 atom stereocenters. The van der Waals surface area contributed by atoms with E-state index in [1.54, 1.807) is 12.1 Å². The number of carbonyl (C=O) groups excluding carboxylic acids is 1. The molecule has 1 aliphatic rings. The van der Waals surface area contributed by atoms with Gasteiger partial charge >= 0.3 is 12.1 Å². The second kappa shape index (κ2) is 10.5. The number of thioether (sulfide) groups is 1. The summed E-state index contributed by atoms with van der Waals surface area (Å²) in [6, 6.07) is 18.3. The Morgan fingerprint density at radius 2 is 1.67 bits per heavy atom. The number of fused-ring (bicyclic) bond motifs is 3. The van der Waals surface area contributed by atoms with Gasteiger partial charge in [-0.15, -0.1) is 0 Å². The summed E-state index contributed by atoms with van der Waals surface area (Å²) in [5, 5.41) is 12.5. The van der Waals surface area contributed by atoms with Gasteiger partial charge in [0.1, 0.15) is 23.0 Å². The van der Waals surface area contributed by atoms with Crippen molar-refractivity contribution in [1.82, 2.24) is 10.3 Å². The normalized spacial score (nSPS) is 13.2. The van der Waals surface area contributed by atoms with Crippen LogP contribution in [0.15, 0.2) is 60.7 Å². The summed E-state index contributed by atoms with van der Waals surface area (Å²) in [5.41, 5.74) is 5.15. The lowest BCUT2D eigenvalue weighted by atomic mass is 9.98. The molecule has 1 heterocycles. The minimum Gasteiger partial charge on any atom is -0.480 e. The number of amides is 1. The number of carboxylic acid groups (broad SMARTS) is 1. The zero-order chi connectivity index (χ0) is 23.4. The van der Waals surface area contributed by atoms with Crippen molar-refractivity contribution >= 4 is 47.0 Å². The van der Waals surface area contributed by atoms with Gasteiger partial charge in [0.25, 0.3) is 0 Å². The average molecular weight is 503 g/mol. The first kappa shape index (κ1) is 23.4. The van der Waals surface area contributed by atoms with Crippen molar-refractivity contribution in [3.63, 3.8) is 0 Å². The number of carbonyl (C=O) groups is 2. The quantitative estimate of drug-likeness (QED) is 0.389. The Balaban J connectivity index is 1.34. The molecule has 0 radical (unpaired) electrons. The highest BCUT2D eigenvalue weighted by atomic mass is 35.5. The van der Waals surface area contributed by atoms with Gasteiger partial charge in [-0.25, -0.2) is 14.6 Å². The Morgan fingerprint density at radius 1 is 1.03 bits per heavy atom. The fourth-order valence-electron chi connectivity index (χ4n) is 3.79. The van der Waals surface area contributed by atoms with E-state index in [4.69, 9.17) is 27.9 Å². The molecule has 2 N–H and O–H groups in total. The Bertz CT molecular complexity index is 1150. The van der Waals surface area contributed by atoms with Gasteiger partial charge in [-0.05, 0) is 33.9 Å². The zero-order valence-corrected chi connectivity index (χ0v) is 19.7. The second-order valence-corrected chi connectivity index (χ2v) is 9.24. The maximum atomic E-state index is 12.4. The first-order valence-corrected chi connectivity index (χ1v) is 12.1. The number of nitrogens with one attached hydrogen (secondary N) is 1. The third-order valence-corrected chi connectivity index (χ3v) is 6.99. The van der Waals surface area contributed by atoms with E-state index in [2.05, 4.69) is 10.3 Å². The summed E-state index contributed by atoms with van der Waals surface area (Å²) >= 11 is 13.2. The summed E-state index contributed by atoms with van der Waals surface area (Å²) in [5.74, 6) is -0.672. The third-order valence-electron chi connectivity index (χ3n) is 5.37. The van der Waals surface area contributed by atoms with E-state index in [1.807, 2.05) is 48.5 Å². The van der Waals surface area contributed by atoms with Crippen LogP contribution in [0.1, 0.15) is 22.6 Å². The maximum absolute atomic E-state index is 12.4. The zero-order valence-electron chi connectivity index (χ0n) is 17.3. The lowest BCUT2D eigenvalue weighted by molar-refractivity contribution is -0.138. The van der Waals surface area contributed by atoms with E-state index >= 15 is 0 Å². The molecule has 3 aromatic rings. The van der Waals surface area contributed by atoms with Crippen LogP contribution in [0.25, 0.3) is 11.1 Å². The molecule has 0 saturated carbocycles. The number of nitrogens with zero attached hydrogens (tertiary/aromatic N) is 1. The molecule has 1 aliphatic carbocycles. The van der Waals surface area contributed by atoms with E-state index in [-0.39, 0.29) is 28.6 Å². The molecule has 170 valence electrons. The van der Waals surface area contributed by atoms with E-state index in [9.17, 15) is 14.7 Å². The van der Waals surface area contributed by atoms with Gasteiger partial charge in [0.05, 0.1) is 0 Å². The molecule has 1 unspecified atom stereocenters. The number of alkyl carbamates (subject to hydrolysis) is 1. The van der Waals surface area contributed by atoms with Crippen molar-refractivity contribution < 1.29 is 19.4 Å². The lowest BCUT2D eigenvalue weighted by Crippen LogP contribution is -2.43. The van der Waals surface area contributed by atoms with Crippen LogP contribution in [-0.2, 0) is 15.3 Å². The van der Waals surface area contributed by atoms with Gasteiger partial charge in [-0.2, -0.15) is 11.8 Å². The van der Waals surface area contributed by atoms with Crippen LogP contribution in [-0.4, -0.2) is 40.6 Å². The van der Waals surface area contributed by atoms with Gasteiger partial charge in [0, 0.05) is 17.4 Å². The Hall–Kier alpha value is -2.74. The van der Waals surface area contributed by atoms with Crippen LogP contribution >= 0.6 is 35.0 Å². The summed E-state index contributed by atoms with van der Waals surface area (Å²) < 4.78 is 5.45. The summed E-state index contributed by atoms with van der Waals surface area (Å²) in [6.45, 7) is 0.116. The molecule has 2 aromatic carbocycles. The predicted octanol–water partition coefficient (Wildman–Crippen LogP) is 5.61. The number of halogens is 2. The number of benzene rings is 2. The van der Waals surface area contributed by atoms with E-state index in [0.29, 0.717) is 5.75 Å². The van der Waals surface area contributed by atoms with Gasteiger partial charge < -0.3 is 15.2 Å². The SMILES string of the molecule is O=C(NC(CSCc1ccc(Cl)nc1Cl)C(=O)O)OCC1c2ccccc2-c2ccccc21. The molecule has 4 rings (SSSR count). The minimum absolute atomic E-state index is 0.0969. The fourth-order valence-corrected chi connectivity index (χ4v) is 5.32. The first-order valence-electron chi connectivity index (χ1n) is 10.2. The van der Waals surface area contributed by atoms with Crippen LogP contribution in [0.2, 0.25) is 10.3 Å². The van der Waals surface area contributed by atoms with Gasteiger partial charge in [0.15, 0.2) is 0 Å². The van der Waals surface area contributed by atoms with Crippen molar-refractivity contribution in [2.24, 2.45) is 0 Å². The Labute approximate surface area is 205 Å². The van der Waals surface area contributed by atoms with Gasteiger partial charge in [0.2, 0.25) is 0 Å². The predicted molar refractivity (Wildman–Crippen MR) is 130 cm³/mol. The fraction of sp³-hybridized carbons (Fsp3) is 0.208. The van der Waals surface area contributed by atoms with Crippen LogP contribution in [0.3, 0.4) is 0 Å². The Kier molecular flexibility index (Phi) is 7.42. The van der Waals surface area contributed by atoms with Crippen LogP contribution < -0.4 is 5.32 Å². The molecule has 0 fully saturated rings. The molecule has 0 bridgehead atoms. The number of ether oxygens (including phenoxy) is 1. The summed E-state index contributed by atoms with van der Waals surface area (Å²) in [4.78, 5) is 28.0. The highest BCUT2D eigenvalue weighted by Crippen LogP contribution is 2.44. The molecular weight excluding hydrogens is 483 g/mol. The number of aromatic nitrogens is 1. The molecule has 1 amide bonds. The van der Waals surface area contributed by atoms with E-state index in [0.717, 1.165) is 27.8 Å². The van der Waals surface area contributed by atoms with Crippen molar-refractivity contribution in [3.05, 3.63) is 87.7 Å². The number of aliphatic carboxylic acids is 1. The lowest BCUT2D eigenvalue weighted by Gasteiger charge is -2.17. The van der Waals surface area contributed by atoms with E-state index in [1.165, 1.54) is 11.8 Å². The summed E-state index contributed by atoms with van der Waals surface area (Å²) in [7, 11) is 0. The number of hydrogen-bond acceptors (Lipinski definition) is 5. The second-order valence-electron chi connectivity index (χ2n) is 7.46. The molecule has 0 saturated heterocycles. The van der Waals surface area contributed by atoms with Crippen LogP contribution in [0.4, 0.5) is 4.79 Å². The first-order chi connectivity index (χ1) is 15.9. The van der Waals surface area contributed by atoms with Crippen LogP contribution in [0.5, 0.6) is 0 Å². The van der Waals surface area contributed by atoms with Crippen LogP contribution in [0, 0.1) is 0 Å². The molecule has 6 nitrogen and oxygen atoms in total. The standard InChI is InChI=1S/C24H20Cl2N2O4S/c25-21-10-9-14(22(26)28-21)12-33-13-20(23(29)30)27-24(31)32-11-19-17-7-3-1-5-15(17)16-6-2-4-8-18(16)19/h1-10,19-20H,11-13H2,(H,27,31)(H,29,30). The van der Waals surface area contributed by atoms with Crippen molar-refractivity contribution in [1.29, 1.82) is 0 Å². The molecule has 1 aromatic heterocycles. The highest BCUT2D eigenvalue weighted by Gasteiger charge is 2.29. The highest BCUT2D eigenvalue weighted by molar-refractivity contribution is 7.98. The molecule has 0 spiro atoms. The summed E-state index contributed by atoms with van der Waals surface area (Å²) in [6.07, 6.45) is -0.768. The average Bonchev–Trinajstić information content (AvgIpc) is 3.12. The largest absolute Gasteiger partial charge is 0.480 e. The van der Waals surface area contributed by atoms with Gasteiger partial charge in [-0.3, -0.25) is 0 Å². The monoisotopic (exact) mass is 502 g/mol. The van der Waals surface area contributed by atoms with E-state index < -0.39 is 18.1 Å². The topological polar surface area (TPSA) is 88.5 Å². The molecule has 9 heteroatoms. The maximum Gasteiger partial charge on any atom is 0.407 e. The van der Waals surface area contributed by atoms with Crippen molar-refractivity contribution in [3.8, 4) is 11.1 Å². The van der Waals surface area contributed by atoms with Gasteiger partial charge in [-0.1, -0.05) is 77.8 Å². The number of rotatable bonds is 8. The Morgan fingerprint density at radius 3 is 2.27 bits per heavy atom. The third kappa shape index (κ3) is 5.43. The minimum atomic E-state index is -1.14.